The normalized spacial score (nSPS) is 21.2. The van der Waals surface area contributed by atoms with Gasteiger partial charge in [0, 0.05) is 28.9 Å². The number of benzene rings is 1. The number of hydrogen-bond acceptors (Lipinski definition) is 3. The molecule has 24 heavy (non-hydrogen) atoms. The Labute approximate surface area is 146 Å². The molecule has 1 fully saturated rings. The number of fused-ring (bicyclic) bond motifs is 1. The van der Waals surface area contributed by atoms with E-state index in [1.54, 1.807) is 0 Å². The van der Waals surface area contributed by atoms with Gasteiger partial charge in [-0.25, -0.2) is 0 Å². The molecule has 2 aromatic rings. The monoisotopic (exact) mass is 344 g/mol. The summed E-state index contributed by atoms with van der Waals surface area (Å²) in [6, 6.07) is 10.3. The second-order valence-corrected chi connectivity index (χ2v) is 7.62. The summed E-state index contributed by atoms with van der Waals surface area (Å²) >= 11 is 1.52. The molecular weight excluding hydrogens is 320 g/mol. The van der Waals surface area contributed by atoms with Crippen molar-refractivity contribution in [2.24, 2.45) is 0 Å². The Balaban J connectivity index is 1.63. The van der Waals surface area contributed by atoms with Gasteiger partial charge in [-0.3, -0.25) is 9.59 Å². The van der Waals surface area contributed by atoms with E-state index in [2.05, 4.69) is 18.8 Å². The maximum Gasteiger partial charge on any atom is 0.252 e. The fraction of sp³-hybridized carbons (Fsp3) is 0.474. The van der Waals surface area contributed by atoms with Crippen molar-refractivity contribution in [2.45, 2.75) is 50.9 Å². The highest BCUT2D eigenvalue weighted by Gasteiger charge is 2.28. The lowest BCUT2D eigenvalue weighted by molar-refractivity contribution is -0.134. The summed E-state index contributed by atoms with van der Waals surface area (Å²) in [4.78, 5) is 29.6. The minimum Gasteiger partial charge on any atom is -0.337 e. The number of nitrogens with zero attached hydrogens (tertiary/aromatic N) is 1. The second-order valence-electron chi connectivity index (χ2n) is 6.63. The summed E-state index contributed by atoms with van der Waals surface area (Å²) in [7, 11) is 0. The van der Waals surface area contributed by atoms with Gasteiger partial charge in [0.25, 0.3) is 5.56 Å². The van der Waals surface area contributed by atoms with Crippen molar-refractivity contribution >= 4 is 28.6 Å². The zero-order valence-corrected chi connectivity index (χ0v) is 15.1. The van der Waals surface area contributed by atoms with Crippen LogP contribution < -0.4 is 5.56 Å². The Morgan fingerprint density at radius 1 is 1.25 bits per heavy atom. The number of pyridine rings is 1. The molecule has 1 aliphatic rings. The number of likely N-dealkylation sites (tertiary alicyclic amines) is 1. The molecule has 1 aromatic heterocycles. The lowest BCUT2D eigenvalue weighted by Crippen LogP contribution is -2.48. The van der Waals surface area contributed by atoms with E-state index in [4.69, 9.17) is 0 Å². The van der Waals surface area contributed by atoms with Gasteiger partial charge in [0.05, 0.1) is 5.75 Å². The van der Waals surface area contributed by atoms with Crippen molar-refractivity contribution in [1.82, 2.24) is 9.88 Å². The third-order valence-corrected chi connectivity index (χ3v) is 5.76. The number of carbonyl (C=O) groups is 1. The predicted molar refractivity (Wildman–Crippen MR) is 100 cm³/mol. The Bertz CT molecular complexity index is 776. The van der Waals surface area contributed by atoms with E-state index in [-0.39, 0.29) is 11.5 Å². The predicted octanol–water partition coefficient (Wildman–Crippen LogP) is 3.55. The summed E-state index contributed by atoms with van der Waals surface area (Å²) in [6.45, 7) is 4.26. The van der Waals surface area contributed by atoms with Gasteiger partial charge in [-0.05, 0) is 50.6 Å². The SMILES string of the molecule is CC1CCCC(C)N1C(=O)CSCc1cc2ccccc2[nH]c1=O. The van der Waals surface area contributed by atoms with Crippen LogP contribution in [0.3, 0.4) is 0 Å². The molecule has 1 aromatic carbocycles. The molecule has 4 nitrogen and oxygen atoms in total. The van der Waals surface area contributed by atoms with Crippen molar-refractivity contribution < 1.29 is 4.79 Å². The van der Waals surface area contributed by atoms with E-state index in [9.17, 15) is 9.59 Å². The van der Waals surface area contributed by atoms with Gasteiger partial charge in [-0.15, -0.1) is 11.8 Å². The average molecular weight is 344 g/mol. The van der Waals surface area contributed by atoms with Crippen LogP contribution in [0, 0.1) is 0 Å². The molecule has 0 radical (unpaired) electrons. The second kappa shape index (κ2) is 7.43. The van der Waals surface area contributed by atoms with E-state index in [0.717, 1.165) is 29.3 Å². The molecule has 2 unspecified atom stereocenters. The van der Waals surface area contributed by atoms with Crippen molar-refractivity contribution in [1.29, 1.82) is 0 Å². The maximum atomic E-state index is 12.5. The number of rotatable bonds is 4. The molecule has 0 bridgehead atoms. The van der Waals surface area contributed by atoms with Crippen molar-refractivity contribution in [2.75, 3.05) is 5.75 Å². The van der Waals surface area contributed by atoms with E-state index in [1.165, 1.54) is 18.2 Å². The van der Waals surface area contributed by atoms with Gasteiger partial charge in [-0.1, -0.05) is 18.2 Å². The first kappa shape index (κ1) is 17.1. The summed E-state index contributed by atoms with van der Waals surface area (Å²) in [5.41, 5.74) is 1.52. The highest BCUT2D eigenvalue weighted by molar-refractivity contribution is 7.99. The van der Waals surface area contributed by atoms with E-state index >= 15 is 0 Å². The molecule has 2 atom stereocenters. The molecule has 2 heterocycles. The Morgan fingerprint density at radius 2 is 1.96 bits per heavy atom. The van der Waals surface area contributed by atoms with Crippen molar-refractivity contribution in [3.8, 4) is 0 Å². The molecule has 1 saturated heterocycles. The third kappa shape index (κ3) is 3.66. The number of hydrogen-bond donors (Lipinski definition) is 1. The van der Waals surface area contributed by atoms with Crippen molar-refractivity contribution in [3.05, 3.63) is 46.2 Å². The van der Waals surface area contributed by atoms with Gasteiger partial charge in [0.1, 0.15) is 0 Å². The molecule has 3 rings (SSSR count). The van der Waals surface area contributed by atoms with Crippen molar-refractivity contribution in [3.63, 3.8) is 0 Å². The number of thioether (sulfide) groups is 1. The zero-order chi connectivity index (χ0) is 17.1. The van der Waals surface area contributed by atoms with Crippen LogP contribution in [-0.2, 0) is 10.5 Å². The quantitative estimate of drug-likeness (QED) is 0.923. The van der Waals surface area contributed by atoms with Gasteiger partial charge < -0.3 is 9.88 Å². The summed E-state index contributed by atoms with van der Waals surface area (Å²) in [6.07, 6.45) is 3.38. The fourth-order valence-electron chi connectivity index (χ4n) is 3.54. The number of para-hydroxylation sites is 1. The molecule has 0 spiro atoms. The molecule has 0 aliphatic carbocycles. The van der Waals surface area contributed by atoms with Crippen LogP contribution in [-0.4, -0.2) is 33.6 Å². The summed E-state index contributed by atoms with van der Waals surface area (Å²) < 4.78 is 0. The summed E-state index contributed by atoms with van der Waals surface area (Å²) in [5.74, 6) is 1.18. The van der Waals surface area contributed by atoms with E-state index in [0.29, 0.717) is 23.6 Å². The van der Waals surface area contributed by atoms with Gasteiger partial charge >= 0.3 is 0 Å². The van der Waals surface area contributed by atoms with Crippen LogP contribution in [0.2, 0.25) is 0 Å². The van der Waals surface area contributed by atoms with Crippen LogP contribution in [0.4, 0.5) is 0 Å². The van der Waals surface area contributed by atoms with E-state index < -0.39 is 0 Å². The number of aromatic nitrogens is 1. The largest absolute Gasteiger partial charge is 0.337 e. The van der Waals surface area contributed by atoms with Crippen LogP contribution >= 0.6 is 11.8 Å². The van der Waals surface area contributed by atoms with Gasteiger partial charge in [0.2, 0.25) is 5.91 Å². The number of H-pyrrole nitrogens is 1. The summed E-state index contributed by atoms with van der Waals surface area (Å²) in [5, 5.41) is 1.03. The minimum atomic E-state index is -0.0617. The lowest BCUT2D eigenvalue weighted by atomic mass is 9.98. The average Bonchev–Trinajstić information content (AvgIpc) is 2.55. The number of piperidine rings is 1. The van der Waals surface area contributed by atoms with Crippen LogP contribution in [0.5, 0.6) is 0 Å². The number of amides is 1. The lowest BCUT2D eigenvalue weighted by Gasteiger charge is -2.39. The van der Waals surface area contributed by atoms with E-state index in [1.807, 2.05) is 35.2 Å². The Morgan fingerprint density at radius 3 is 2.71 bits per heavy atom. The first-order valence-electron chi connectivity index (χ1n) is 8.56. The van der Waals surface area contributed by atoms with Crippen LogP contribution in [0.25, 0.3) is 10.9 Å². The molecule has 1 amide bonds. The number of aromatic amines is 1. The maximum absolute atomic E-state index is 12.5. The first-order chi connectivity index (χ1) is 11.6. The molecular formula is C19H24N2O2S. The highest BCUT2D eigenvalue weighted by atomic mass is 32.2. The van der Waals surface area contributed by atoms with Gasteiger partial charge in [0.15, 0.2) is 0 Å². The third-order valence-electron chi connectivity index (χ3n) is 4.79. The Hall–Kier alpha value is -1.75. The highest BCUT2D eigenvalue weighted by Crippen LogP contribution is 2.24. The van der Waals surface area contributed by atoms with Crippen LogP contribution in [0.1, 0.15) is 38.7 Å². The molecule has 0 saturated carbocycles. The number of carbonyl (C=O) groups excluding carboxylic acids is 1. The fourth-order valence-corrected chi connectivity index (χ4v) is 4.40. The molecule has 5 heteroatoms. The first-order valence-corrected chi connectivity index (χ1v) is 9.71. The molecule has 1 N–H and O–H groups in total. The topological polar surface area (TPSA) is 53.2 Å². The van der Waals surface area contributed by atoms with Gasteiger partial charge in [-0.2, -0.15) is 0 Å². The van der Waals surface area contributed by atoms with Crippen LogP contribution in [0.15, 0.2) is 35.1 Å². The standard InChI is InChI=1S/C19H24N2O2S/c1-13-6-5-7-14(2)21(13)18(22)12-24-11-16-10-15-8-3-4-9-17(15)20-19(16)23/h3-4,8-10,13-14H,5-7,11-12H2,1-2H3,(H,20,23). The minimum absolute atomic E-state index is 0.0617. The zero-order valence-electron chi connectivity index (χ0n) is 14.2. The number of nitrogens with one attached hydrogen (secondary N) is 1. The smallest absolute Gasteiger partial charge is 0.252 e. The Kier molecular flexibility index (Phi) is 5.29. The molecule has 128 valence electrons. The molecule has 1 aliphatic heterocycles.